The van der Waals surface area contributed by atoms with Gasteiger partial charge in [0.25, 0.3) is 11.8 Å². The smallest absolute Gasteiger partial charge is 0.362 e. The number of methoxy groups -OCH3 is 1. The van der Waals surface area contributed by atoms with E-state index in [0.717, 1.165) is 49.6 Å². The lowest BCUT2D eigenvalue weighted by Gasteiger charge is -2.43. The number of hydrogen-bond donors (Lipinski definition) is 3. The lowest BCUT2D eigenvalue weighted by atomic mass is 10.0. The van der Waals surface area contributed by atoms with E-state index in [9.17, 15) is 28.5 Å². The van der Waals surface area contributed by atoms with E-state index < -0.39 is 37.3 Å². The van der Waals surface area contributed by atoms with Gasteiger partial charge in [-0.2, -0.15) is 4.98 Å². The van der Waals surface area contributed by atoms with E-state index in [1.165, 1.54) is 32.2 Å². The molecule has 4 aliphatic rings. The molecule has 3 N–H and O–H groups in total. The van der Waals surface area contributed by atoms with Crippen LogP contribution in [-0.4, -0.2) is 133 Å². The first kappa shape index (κ1) is 45.0. The van der Waals surface area contributed by atoms with Crippen LogP contribution in [0.5, 0.6) is 5.75 Å². The zero-order valence-corrected chi connectivity index (χ0v) is 37.8. The Morgan fingerprint density at radius 3 is 2.33 bits per heavy atom. The van der Waals surface area contributed by atoms with Crippen molar-refractivity contribution in [2.24, 2.45) is 0 Å². The molecule has 5 heterocycles. The first-order valence-corrected chi connectivity index (χ1v) is 23.6. The van der Waals surface area contributed by atoms with Crippen LogP contribution in [0.3, 0.4) is 0 Å². The Morgan fingerprint density at radius 1 is 0.875 bits per heavy atom. The highest BCUT2D eigenvalue weighted by Crippen LogP contribution is 2.47. The molecule has 0 aliphatic carbocycles. The molecular formula is C43H47ClN9O9PS. The van der Waals surface area contributed by atoms with Gasteiger partial charge in [0.05, 0.1) is 46.9 Å². The number of carbonyl (C=O) groups is 5. The zero-order valence-electron chi connectivity index (χ0n) is 35.4. The third-order valence-corrected chi connectivity index (χ3v) is 15.1. The predicted molar refractivity (Wildman–Crippen MR) is 242 cm³/mol. The number of nitrogens with zero attached hydrogens (tertiary/aromatic N) is 6. The number of nitrogens with one attached hydrogen (secondary N) is 3. The fraction of sp³-hybridized carbons (Fsp3) is 0.372. The lowest BCUT2D eigenvalue weighted by molar-refractivity contribution is -0.136. The number of amides is 5. The van der Waals surface area contributed by atoms with Gasteiger partial charge in [0.15, 0.2) is 5.82 Å². The van der Waals surface area contributed by atoms with E-state index in [0.29, 0.717) is 46.5 Å². The number of halogens is 1. The molecule has 3 aromatic carbocycles. The second-order valence-corrected chi connectivity index (χ2v) is 19.1. The van der Waals surface area contributed by atoms with Crippen molar-refractivity contribution in [2.45, 2.75) is 42.7 Å². The second kappa shape index (κ2) is 19.3. The summed E-state index contributed by atoms with van der Waals surface area (Å²) in [6, 6.07) is 17.1. The number of para-hydroxylation sites is 1. The van der Waals surface area contributed by atoms with Crippen molar-refractivity contribution in [1.82, 2.24) is 30.0 Å². The van der Waals surface area contributed by atoms with Crippen LogP contribution in [0.1, 0.15) is 46.4 Å². The van der Waals surface area contributed by atoms with Gasteiger partial charge >= 0.3 is 7.60 Å². The summed E-state index contributed by atoms with van der Waals surface area (Å²) in [6.45, 7) is 4.50. The Kier molecular flexibility index (Phi) is 13.6. The Bertz CT molecular complexity index is 2530. The third-order valence-electron chi connectivity index (χ3n) is 11.9. The maximum atomic E-state index is 13.3. The van der Waals surface area contributed by atoms with Crippen LogP contribution in [0.2, 0.25) is 5.02 Å². The molecule has 0 radical (unpaired) electrons. The maximum Gasteiger partial charge on any atom is 0.362 e. The van der Waals surface area contributed by atoms with Crippen LogP contribution in [-0.2, 0) is 28.0 Å². The second-order valence-electron chi connectivity index (χ2n) is 15.5. The van der Waals surface area contributed by atoms with Crippen molar-refractivity contribution < 1.29 is 42.3 Å². The monoisotopic (exact) mass is 931 g/mol. The third kappa shape index (κ3) is 9.32. The molecule has 4 aromatic rings. The molecule has 18 nitrogen and oxygen atoms in total. The fourth-order valence-electron chi connectivity index (χ4n) is 8.43. The topological polar surface area (TPSA) is 205 Å². The Balaban J connectivity index is 0.810. The number of imide groups is 2. The van der Waals surface area contributed by atoms with Gasteiger partial charge in [-0.25, -0.2) is 4.98 Å². The summed E-state index contributed by atoms with van der Waals surface area (Å²) in [6.07, 6.45) is 3.54. The van der Waals surface area contributed by atoms with Crippen LogP contribution >= 0.6 is 31.0 Å². The standard InChI is InChI=1S/C43H47ClN9O9PS/c1-60-35-22-27(8-11-32(35)47-43-45-24-31(44)39(49-43)46-33-6-4-5-7-36(33)63(59,61-2)62-3)50-16-14-26(15-17-50)51-18-20-52(21-19-51)38(55)25-64-28-9-10-29-30(23-28)42(58)53(41(29)57)34-12-13-37(54)48-40(34)56/h4-11,22-24,26,34H,12-21,25H2,1-3H3,(H,48,54,56)(H2,45,46,47,49). The number of rotatable bonds is 14. The zero-order chi connectivity index (χ0) is 45.1. The van der Waals surface area contributed by atoms with Crippen LogP contribution in [0, 0.1) is 0 Å². The minimum atomic E-state index is -3.58. The maximum absolute atomic E-state index is 13.3. The molecular weight excluding hydrogens is 885 g/mol. The fourth-order valence-corrected chi connectivity index (χ4v) is 10.6. The van der Waals surface area contributed by atoms with Crippen LogP contribution in [0.4, 0.5) is 28.8 Å². The van der Waals surface area contributed by atoms with Crippen molar-refractivity contribution in [1.29, 1.82) is 0 Å². The summed E-state index contributed by atoms with van der Waals surface area (Å²) in [5.41, 5.74) is 2.53. The average Bonchev–Trinajstić information content (AvgIpc) is 3.56. The molecule has 64 heavy (non-hydrogen) atoms. The number of fused-ring (bicyclic) bond motifs is 1. The molecule has 0 spiro atoms. The highest BCUT2D eigenvalue weighted by molar-refractivity contribution is 8.00. The molecule has 4 aliphatic heterocycles. The molecule has 5 amide bonds. The van der Waals surface area contributed by atoms with Crippen LogP contribution < -0.4 is 30.9 Å². The molecule has 0 saturated carbocycles. The summed E-state index contributed by atoms with van der Waals surface area (Å²) in [5, 5.41) is 9.15. The van der Waals surface area contributed by atoms with Crippen molar-refractivity contribution in [2.75, 3.05) is 81.9 Å². The Morgan fingerprint density at radius 2 is 1.61 bits per heavy atom. The molecule has 1 unspecified atom stereocenters. The van der Waals surface area contributed by atoms with Crippen molar-refractivity contribution >= 4 is 94.6 Å². The van der Waals surface area contributed by atoms with E-state index >= 15 is 0 Å². The highest BCUT2D eigenvalue weighted by atomic mass is 35.5. The number of piperidine rings is 2. The average molecular weight is 932 g/mol. The summed E-state index contributed by atoms with van der Waals surface area (Å²) >= 11 is 7.78. The predicted octanol–water partition coefficient (Wildman–Crippen LogP) is 5.04. The van der Waals surface area contributed by atoms with Gasteiger partial charge in [0.2, 0.25) is 23.7 Å². The van der Waals surface area contributed by atoms with Gasteiger partial charge in [-0.05, 0) is 61.7 Å². The Hall–Kier alpha value is -5.56. The highest BCUT2D eigenvalue weighted by Gasteiger charge is 2.44. The van der Waals surface area contributed by atoms with Crippen LogP contribution in [0.15, 0.2) is 71.8 Å². The van der Waals surface area contributed by atoms with E-state index in [-0.39, 0.29) is 52.4 Å². The van der Waals surface area contributed by atoms with Gasteiger partial charge in [0.1, 0.15) is 16.8 Å². The minimum Gasteiger partial charge on any atom is -0.494 e. The van der Waals surface area contributed by atoms with Crippen molar-refractivity contribution in [3.8, 4) is 5.75 Å². The van der Waals surface area contributed by atoms with Crippen molar-refractivity contribution in [3.63, 3.8) is 0 Å². The number of anilines is 5. The normalized spacial score (nSPS) is 18.6. The molecule has 0 bridgehead atoms. The number of carbonyl (C=O) groups excluding carboxylic acids is 5. The molecule has 1 aromatic heterocycles. The number of aromatic nitrogens is 2. The van der Waals surface area contributed by atoms with E-state index in [1.54, 1.807) is 49.6 Å². The number of ether oxygens (including phenoxy) is 1. The summed E-state index contributed by atoms with van der Waals surface area (Å²) in [7, 11) is 0.666. The summed E-state index contributed by atoms with van der Waals surface area (Å²) in [4.78, 5) is 80.8. The number of benzene rings is 3. The van der Waals surface area contributed by atoms with Gasteiger partial charge in [-0.3, -0.25) is 43.7 Å². The SMILES string of the molecule is COc1cc(N2CCC(N3CCN(C(=O)CSc4ccc5c(c4)C(=O)N(C4CCC(=O)NC4=O)C5=O)CC3)CC2)ccc1Nc1ncc(Cl)c(Nc2ccccc2P(=O)(OC)OC)n1. The van der Waals surface area contributed by atoms with Crippen LogP contribution in [0.25, 0.3) is 0 Å². The molecule has 3 fully saturated rings. The Labute approximate surface area is 378 Å². The molecule has 336 valence electrons. The number of hydrogen-bond acceptors (Lipinski definition) is 16. The van der Waals surface area contributed by atoms with E-state index in [2.05, 4.69) is 35.7 Å². The number of piperazine rings is 1. The summed E-state index contributed by atoms with van der Waals surface area (Å²) < 4.78 is 29.4. The number of thioether (sulfide) groups is 1. The van der Waals surface area contributed by atoms with Gasteiger partial charge < -0.3 is 34.2 Å². The summed E-state index contributed by atoms with van der Waals surface area (Å²) in [5.74, 6) is -0.879. The molecule has 1 atom stereocenters. The van der Waals surface area contributed by atoms with E-state index in [4.69, 9.17) is 25.4 Å². The molecule has 8 rings (SSSR count). The first-order chi connectivity index (χ1) is 30.9. The van der Waals surface area contributed by atoms with Gasteiger partial charge in [-0.1, -0.05) is 23.7 Å². The van der Waals surface area contributed by atoms with E-state index in [1.807, 2.05) is 23.1 Å². The molecule has 3 saturated heterocycles. The van der Waals surface area contributed by atoms with Gasteiger partial charge in [-0.15, -0.1) is 11.8 Å². The molecule has 21 heteroatoms. The van der Waals surface area contributed by atoms with Crippen molar-refractivity contribution in [3.05, 3.63) is 83.0 Å². The van der Waals surface area contributed by atoms with Gasteiger partial charge in [0, 0.05) is 82.6 Å². The first-order valence-electron chi connectivity index (χ1n) is 20.7. The quantitative estimate of drug-likeness (QED) is 0.0861. The largest absolute Gasteiger partial charge is 0.494 e. The minimum absolute atomic E-state index is 0.00269. The lowest BCUT2D eigenvalue weighted by Crippen LogP contribution is -2.54.